The van der Waals surface area contributed by atoms with Crippen LogP contribution in [0.1, 0.15) is 15.9 Å². The first-order valence-corrected chi connectivity index (χ1v) is 4.97. The van der Waals surface area contributed by atoms with Crippen LogP contribution in [-0.4, -0.2) is 20.2 Å². The largest absolute Gasteiger partial charge is 0.496 e. The van der Waals surface area contributed by atoms with Crippen LogP contribution in [0.3, 0.4) is 0 Å². The van der Waals surface area contributed by atoms with Crippen molar-refractivity contribution >= 4 is 11.7 Å². The van der Waals surface area contributed by atoms with Crippen molar-refractivity contribution in [1.82, 2.24) is 0 Å². The minimum absolute atomic E-state index is 0.393. The second-order valence-electron chi connectivity index (χ2n) is 3.45. The fourth-order valence-corrected chi connectivity index (χ4v) is 1.70. The molecule has 84 valence electrons. The molecule has 1 N–H and O–H groups in total. The van der Waals surface area contributed by atoms with Gasteiger partial charge in [0.2, 0.25) is 0 Å². The summed E-state index contributed by atoms with van der Waals surface area (Å²) in [6, 6.07) is 3.61. The quantitative estimate of drug-likeness (QED) is 0.772. The van der Waals surface area contributed by atoms with Crippen molar-refractivity contribution < 1.29 is 14.3 Å². The van der Waals surface area contributed by atoms with Crippen molar-refractivity contribution in [3.8, 4) is 5.75 Å². The van der Waals surface area contributed by atoms with Gasteiger partial charge in [-0.1, -0.05) is 6.08 Å². The molecular formula is C12H13NO3. The maximum Gasteiger partial charge on any atom is 0.341 e. The van der Waals surface area contributed by atoms with Crippen LogP contribution in [-0.2, 0) is 11.2 Å². The molecule has 4 heteroatoms. The summed E-state index contributed by atoms with van der Waals surface area (Å²) in [6.45, 7) is 0. The number of ether oxygens (including phenoxy) is 2. The molecule has 0 spiro atoms. The van der Waals surface area contributed by atoms with E-state index in [0.29, 0.717) is 11.3 Å². The Morgan fingerprint density at radius 3 is 2.88 bits per heavy atom. The molecule has 2 rings (SSSR count). The number of rotatable bonds is 2. The number of nitrogens with one attached hydrogen (secondary N) is 1. The van der Waals surface area contributed by atoms with Gasteiger partial charge in [0.1, 0.15) is 11.3 Å². The highest BCUT2D eigenvalue weighted by Gasteiger charge is 2.17. The number of fused-ring (bicyclic) bond motifs is 1. The van der Waals surface area contributed by atoms with Gasteiger partial charge in [-0.15, -0.1) is 0 Å². The van der Waals surface area contributed by atoms with E-state index in [4.69, 9.17) is 9.47 Å². The van der Waals surface area contributed by atoms with Crippen LogP contribution in [0.25, 0.3) is 0 Å². The van der Waals surface area contributed by atoms with Crippen molar-refractivity contribution in [3.63, 3.8) is 0 Å². The topological polar surface area (TPSA) is 47.6 Å². The molecule has 0 aromatic heterocycles. The van der Waals surface area contributed by atoms with Gasteiger partial charge in [-0.3, -0.25) is 0 Å². The number of methoxy groups -OCH3 is 2. The second kappa shape index (κ2) is 4.26. The summed E-state index contributed by atoms with van der Waals surface area (Å²) >= 11 is 0. The zero-order valence-electron chi connectivity index (χ0n) is 9.24. The molecule has 0 amide bonds. The highest BCUT2D eigenvalue weighted by molar-refractivity contribution is 5.94. The molecule has 0 saturated heterocycles. The van der Waals surface area contributed by atoms with Crippen molar-refractivity contribution in [1.29, 1.82) is 0 Å². The molecule has 0 saturated carbocycles. The van der Waals surface area contributed by atoms with Crippen LogP contribution in [0.2, 0.25) is 0 Å². The smallest absolute Gasteiger partial charge is 0.341 e. The maximum atomic E-state index is 11.5. The maximum absolute atomic E-state index is 11.5. The van der Waals surface area contributed by atoms with Gasteiger partial charge in [-0.05, 0) is 30.3 Å². The molecule has 0 unspecified atom stereocenters. The van der Waals surface area contributed by atoms with Gasteiger partial charge in [0.25, 0.3) is 0 Å². The van der Waals surface area contributed by atoms with Crippen LogP contribution in [0.15, 0.2) is 24.4 Å². The Hall–Kier alpha value is -1.97. The average molecular weight is 219 g/mol. The minimum atomic E-state index is -0.393. The molecule has 0 atom stereocenters. The van der Waals surface area contributed by atoms with Gasteiger partial charge >= 0.3 is 5.97 Å². The third-order valence-electron chi connectivity index (χ3n) is 2.53. The molecule has 0 aliphatic carbocycles. The van der Waals surface area contributed by atoms with Gasteiger partial charge in [-0.25, -0.2) is 4.79 Å². The molecular weight excluding hydrogens is 206 g/mol. The van der Waals surface area contributed by atoms with Gasteiger partial charge in [0.15, 0.2) is 0 Å². The molecule has 1 aromatic carbocycles. The molecule has 0 bridgehead atoms. The molecule has 16 heavy (non-hydrogen) atoms. The van der Waals surface area contributed by atoms with E-state index < -0.39 is 5.97 Å². The van der Waals surface area contributed by atoms with Crippen LogP contribution in [0.5, 0.6) is 5.75 Å². The van der Waals surface area contributed by atoms with Crippen LogP contribution in [0.4, 0.5) is 5.69 Å². The third kappa shape index (κ3) is 1.74. The summed E-state index contributed by atoms with van der Waals surface area (Å²) in [4.78, 5) is 11.5. The normalized spacial score (nSPS) is 12.6. The lowest BCUT2D eigenvalue weighted by molar-refractivity contribution is 0.0597. The number of hydrogen-bond acceptors (Lipinski definition) is 4. The fourth-order valence-electron chi connectivity index (χ4n) is 1.70. The lowest BCUT2D eigenvalue weighted by atomic mass is 10.0. The van der Waals surface area contributed by atoms with Crippen LogP contribution in [0, 0.1) is 0 Å². The number of hydrogen-bond donors (Lipinski definition) is 1. The van der Waals surface area contributed by atoms with Gasteiger partial charge < -0.3 is 14.8 Å². The molecule has 1 aliphatic rings. The van der Waals surface area contributed by atoms with Gasteiger partial charge in [0, 0.05) is 5.69 Å². The van der Waals surface area contributed by atoms with E-state index in [1.165, 1.54) is 7.11 Å². The van der Waals surface area contributed by atoms with E-state index in [0.717, 1.165) is 17.7 Å². The van der Waals surface area contributed by atoms with Crippen LogP contribution < -0.4 is 10.1 Å². The van der Waals surface area contributed by atoms with Gasteiger partial charge in [0.05, 0.1) is 14.2 Å². The lowest BCUT2D eigenvalue weighted by Gasteiger charge is -2.16. The fraction of sp³-hybridized carbons (Fsp3) is 0.250. The van der Waals surface area contributed by atoms with E-state index in [2.05, 4.69) is 5.32 Å². The SMILES string of the molecule is COC(=O)c1cc2c(cc1OC)CC=CN2. The monoisotopic (exact) mass is 219 g/mol. The number of benzene rings is 1. The van der Waals surface area contributed by atoms with Gasteiger partial charge in [-0.2, -0.15) is 0 Å². The standard InChI is InChI=1S/C12H13NO3/c1-15-11-6-8-4-3-5-13-10(8)7-9(11)12(14)16-2/h3,5-7,13H,4H2,1-2H3. The second-order valence-corrected chi connectivity index (χ2v) is 3.45. The van der Waals surface area contributed by atoms with E-state index >= 15 is 0 Å². The Labute approximate surface area is 93.9 Å². The zero-order chi connectivity index (χ0) is 11.5. The molecule has 1 heterocycles. The molecule has 1 aliphatic heterocycles. The number of anilines is 1. The Kier molecular flexibility index (Phi) is 2.81. The third-order valence-corrected chi connectivity index (χ3v) is 2.53. The number of allylic oxidation sites excluding steroid dienone is 1. The predicted molar refractivity (Wildman–Crippen MR) is 60.8 cm³/mol. The number of esters is 1. The summed E-state index contributed by atoms with van der Waals surface area (Å²) in [5.74, 6) is 0.152. The summed E-state index contributed by atoms with van der Waals surface area (Å²) in [7, 11) is 2.90. The summed E-state index contributed by atoms with van der Waals surface area (Å²) in [5.41, 5.74) is 2.46. The Morgan fingerprint density at radius 2 is 2.19 bits per heavy atom. The van der Waals surface area contributed by atoms with Crippen molar-refractivity contribution in [2.45, 2.75) is 6.42 Å². The Balaban J connectivity index is 2.49. The first kappa shape index (κ1) is 10.5. The van der Waals surface area contributed by atoms with E-state index in [9.17, 15) is 4.79 Å². The molecule has 0 fully saturated rings. The molecule has 1 aromatic rings. The van der Waals surface area contributed by atoms with E-state index in [1.54, 1.807) is 13.2 Å². The van der Waals surface area contributed by atoms with Crippen molar-refractivity contribution in [3.05, 3.63) is 35.5 Å². The van der Waals surface area contributed by atoms with Crippen molar-refractivity contribution in [2.75, 3.05) is 19.5 Å². The van der Waals surface area contributed by atoms with Crippen molar-refractivity contribution in [2.24, 2.45) is 0 Å². The summed E-state index contributed by atoms with van der Waals surface area (Å²) < 4.78 is 9.89. The highest BCUT2D eigenvalue weighted by atomic mass is 16.5. The molecule has 4 nitrogen and oxygen atoms in total. The number of carbonyl (C=O) groups is 1. The summed E-state index contributed by atoms with van der Waals surface area (Å²) in [6.07, 6.45) is 4.70. The predicted octanol–water partition coefficient (Wildman–Crippen LogP) is 1.96. The van der Waals surface area contributed by atoms with E-state index in [1.807, 2.05) is 18.3 Å². The summed E-state index contributed by atoms with van der Waals surface area (Å²) in [5, 5.41) is 3.09. The van der Waals surface area contributed by atoms with Crippen LogP contribution >= 0.6 is 0 Å². The lowest BCUT2D eigenvalue weighted by Crippen LogP contribution is -2.08. The van der Waals surface area contributed by atoms with E-state index in [-0.39, 0.29) is 0 Å². The highest BCUT2D eigenvalue weighted by Crippen LogP contribution is 2.30. The first-order valence-electron chi connectivity index (χ1n) is 4.97. The Morgan fingerprint density at radius 1 is 1.38 bits per heavy atom. The Bertz CT molecular complexity index is 452. The molecule has 0 radical (unpaired) electrons. The zero-order valence-corrected chi connectivity index (χ0v) is 9.24. The minimum Gasteiger partial charge on any atom is -0.496 e. The average Bonchev–Trinajstić information content (AvgIpc) is 2.36. The number of carbonyl (C=O) groups excluding carboxylic acids is 1. The first-order chi connectivity index (χ1) is 7.76.